The van der Waals surface area contributed by atoms with Crippen molar-refractivity contribution < 1.29 is 9.53 Å². The van der Waals surface area contributed by atoms with Crippen LogP contribution in [0.15, 0.2) is 59.1 Å². The third-order valence-electron chi connectivity index (χ3n) is 3.86. The maximum absolute atomic E-state index is 12.1. The van der Waals surface area contributed by atoms with Crippen LogP contribution in [0.5, 0.6) is 0 Å². The molecule has 0 atom stereocenters. The largest absolute Gasteiger partial charge is 0.461 e. The lowest BCUT2D eigenvalue weighted by molar-refractivity contribution is 0.0518. The van der Waals surface area contributed by atoms with Gasteiger partial charge in [-0.15, -0.1) is 0 Å². The maximum atomic E-state index is 12.1. The van der Waals surface area contributed by atoms with E-state index in [4.69, 9.17) is 4.74 Å². The van der Waals surface area contributed by atoms with Crippen molar-refractivity contribution in [1.29, 1.82) is 0 Å². The van der Waals surface area contributed by atoms with E-state index in [2.05, 4.69) is 52.2 Å². The fraction of sp³-hybridized carbons (Fsp3) is 0.200. The Balaban J connectivity index is 2.00. The molecule has 3 rings (SSSR count). The van der Waals surface area contributed by atoms with Crippen molar-refractivity contribution in [2.24, 2.45) is 0 Å². The molecule has 0 N–H and O–H groups in total. The zero-order valence-electron chi connectivity index (χ0n) is 14.2. The van der Waals surface area contributed by atoms with Gasteiger partial charge >= 0.3 is 5.97 Å². The normalized spacial score (nSPS) is 10.7. The van der Waals surface area contributed by atoms with Gasteiger partial charge in [0.2, 0.25) is 0 Å². The molecule has 0 saturated heterocycles. The van der Waals surface area contributed by atoms with Crippen molar-refractivity contribution in [1.82, 2.24) is 9.78 Å². The summed E-state index contributed by atoms with van der Waals surface area (Å²) < 4.78 is 7.95. The summed E-state index contributed by atoms with van der Waals surface area (Å²) in [6.45, 7) is 4.77. The summed E-state index contributed by atoms with van der Waals surface area (Å²) in [7, 11) is 0. The Morgan fingerprint density at radius 3 is 2.44 bits per heavy atom. The molecule has 0 aliphatic heterocycles. The zero-order valence-corrected chi connectivity index (χ0v) is 15.8. The fourth-order valence-corrected chi connectivity index (χ4v) is 2.83. The highest BCUT2D eigenvalue weighted by Gasteiger charge is 2.16. The minimum atomic E-state index is -0.400. The predicted octanol–water partition coefficient (Wildman–Crippen LogP) is 4.85. The van der Waals surface area contributed by atoms with Crippen LogP contribution in [0.2, 0.25) is 0 Å². The molecular formula is C20H19BrN2O2. The molecule has 0 saturated carbocycles. The van der Waals surface area contributed by atoms with Gasteiger partial charge in [-0.25, -0.2) is 4.79 Å². The van der Waals surface area contributed by atoms with Crippen LogP contribution in [0, 0.1) is 6.92 Å². The van der Waals surface area contributed by atoms with E-state index in [9.17, 15) is 4.79 Å². The number of aryl methyl sites for hydroxylation is 1. The first-order chi connectivity index (χ1) is 12.1. The standard InChI is InChI=1S/C20H19BrN2O2/c1-3-25-20(24)18-12-19(16-8-10-17(21)11-9-16)23(22-18)13-15-6-4-14(2)5-7-15/h4-12H,3,13H2,1-2H3. The van der Waals surface area contributed by atoms with Gasteiger partial charge in [0, 0.05) is 4.47 Å². The Bertz CT molecular complexity index is 868. The van der Waals surface area contributed by atoms with Gasteiger partial charge in [0.15, 0.2) is 5.69 Å². The summed E-state index contributed by atoms with van der Waals surface area (Å²) in [6.07, 6.45) is 0. The number of hydrogen-bond acceptors (Lipinski definition) is 3. The minimum absolute atomic E-state index is 0.326. The predicted molar refractivity (Wildman–Crippen MR) is 102 cm³/mol. The Hall–Kier alpha value is -2.40. The summed E-state index contributed by atoms with van der Waals surface area (Å²) in [4.78, 5) is 12.1. The molecular weight excluding hydrogens is 380 g/mol. The Labute approximate surface area is 155 Å². The molecule has 0 unspecified atom stereocenters. The van der Waals surface area contributed by atoms with Crippen LogP contribution in [-0.4, -0.2) is 22.4 Å². The van der Waals surface area contributed by atoms with E-state index in [-0.39, 0.29) is 0 Å². The number of aromatic nitrogens is 2. The Morgan fingerprint density at radius 1 is 1.12 bits per heavy atom. The molecule has 0 fully saturated rings. The fourth-order valence-electron chi connectivity index (χ4n) is 2.56. The number of carbonyl (C=O) groups is 1. The second kappa shape index (κ2) is 7.66. The van der Waals surface area contributed by atoms with Crippen molar-refractivity contribution in [3.63, 3.8) is 0 Å². The van der Waals surface area contributed by atoms with E-state index in [1.807, 2.05) is 28.9 Å². The molecule has 5 heteroatoms. The molecule has 1 aromatic heterocycles. The molecule has 0 amide bonds. The number of benzene rings is 2. The number of halogens is 1. The van der Waals surface area contributed by atoms with Gasteiger partial charge in [-0.2, -0.15) is 5.10 Å². The van der Waals surface area contributed by atoms with Crippen molar-refractivity contribution in [2.45, 2.75) is 20.4 Å². The molecule has 25 heavy (non-hydrogen) atoms. The van der Waals surface area contributed by atoms with Gasteiger partial charge in [-0.1, -0.05) is 57.9 Å². The monoisotopic (exact) mass is 398 g/mol. The van der Waals surface area contributed by atoms with Crippen molar-refractivity contribution in [3.05, 3.63) is 75.9 Å². The number of hydrogen-bond donors (Lipinski definition) is 0. The Kier molecular flexibility index (Phi) is 5.34. The highest BCUT2D eigenvalue weighted by molar-refractivity contribution is 9.10. The molecule has 2 aromatic carbocycles. The van der Waals surface area contributed by atoms with Crippen molar-refractivity contribution in [2.75, 3.05) is 6.61 Å². The third kappa shape index (κ3) is 4.17. The van der Waals surface area contributed by atoms with E-state index in [0.717, 1.165) is 21.3 Å². The first-order valence-corrected chi connectivity index (χ1v) is 8.92. The first kappa shape index (κ1) is 17.4. The van der Waals surface area contributed by atoms with Gasteiger partial charge in [0.05, 0.1) is 18.8 Å². The molecule has 3 aromatic rings. The number of esters is 1. The van der Waals surface area contributed by atoms with Crippen LogP contribution in [0.3, 0.4) is 0 Å². The molecule has 0 aliphatic rings. The topological polar surface area (TPSA) is 44.1 Å². The van der Waals surface area contributed by atoms with Crippen molar-refractivity contribution >= 4 is 21.9 Å². The summed E-state index contributed by atoms with van der Waals surface area (Å²) in [5, 5.41) is 4.48. The summed E-state index contributed by atoms with van der Waals surface area (Å²) in [5.41, 5.74) is 4.55. The van der Waals surface area contributed by atoms with Crippen LogP contribution in [0.4, 0.5) is 0 Å². The highest BCUT2D eigenvalue weighted by atomic mass is 79.9. The zero-order chi connectivity index (χ0) is 17.8. The highest BCUT2D eigenvalue weighted by Crippen LogP contribution is 2.24. The SMILES string of the molecule is CCOC(=O)c1cc(-c2ccc(Br)cc2)n(Cc2ccc(C)cc2)n1. The number of ether oxygens (including phenoxy) is 1. The van der Waals surface area contributed by atoms with Gasteiger partial charge in [-0.3, -0.25) is 4.68 Å². The minimum Gasteiger partial charge on any atom is -0.461 e. The van der Waals surface area contributed by atoms with Gasteiger partial charge < -0.3 is 4.74 Å². The third-order valence-corrected chi connectivity index (χ3v) is 4.39. The summed E-state index contributed by atoms with van der Waals surface area (Å²) in [5.74, 6) is -0.400. The average molecular weight is 399 g/mol. The lowest BCUT2D eigenvalue weighted by Gasteiger charge is -2.08. The van der Waals surface area contributed by atoms with Crippen LogP contribution in [0.1, 0.15) is 28.5 Å². The van der Waals surface area contributed by atoms with Crippen LogP contribution in [-0.2, 0) is 11.3 Å². The number of carbonyl (C=O) groups excluding carboxylic acids is 1. The van der Waals surface area contributed by atoms with Gasteiger partial charge in [-0.05, 0) is 43.2 Å². The first-order valence-electron chi connectivity index (χ1n) is 8.13. The number of rotatable bonds is 5. The Morgan fingerprint density at radius 2 is 1.80 bits per heavy atom. The van der Waals surface area contributed by atoms with Crippen molar-refractivity contribution in [3.8, 4) is 11.3 Å². The molecule has 1 heterocycles. The van der Waals surface area contributed by atoms with Crippen LogP contribution >= 0.6 is 15.9 Å². The van der Waals surface area contributed by atoms with E-state index < -0.39 is 5.97 Å². The second-order valence-electron chi connectivity index (χ2n) is 5.79. The molecule has 0 spiro atoms. The lowest BCUT2D eigenvalue weighted by atomic mass is 10.1. The quantitative estimate of drug-likeness (QED) is 0.577. The second-order valence-corrected chi connectivity index (χ2v) is 6.70. The van der Waals surface area contributed by atoms with E-state index >= 15 is 0 Å². The maximum Gasteiger partial charge on any atom is 0.358 e. The van der Waals surface area contributed by atoms with Crippen LogP contribution < -0.4 is 0 Å². The molecule has 4 nitrogen and oxygen atoms in total. The van der Waals surface area contributed by atoms with E-state index in [1.54, 1.807) is 13.0 Å². The summed E-state index contributed by atoms with van der Waals surface area (Å²) >= 11 is 3.45. The van der Waals surface area contributed by atoms with Gasteiger partial charge in [0.1, 0.15) is 0 Å². The lowest BCUT2D eigenvalue weighted by Crippen LogP contribution is -2.08. The smallest absolute Gasteiger partial charge is 0.358 e. The molecule has 128 valence electrons. The van der Waals surface area contributed by atoms with Gasteiger partial charge in [0.25, 0.3) is 0 Å². The van der Waals surface area contributed by atoms with E-state index in [0.29, 0.717) is 18.8 Å². The summed E-state index contributed by atoms with van der Waals surface area (Å²) in [6, 6.07) is 18.0. The molecule has 0 radical (unpaired) electrons. The number of nitrogens with zero attached hydrogens (tertiary/aromatic N) is 2. The average Bonchev–Trinajstić information content (AvgIpc) is 3.02. The molecule has 0 aliphatic carbocycles. The molecule has 0 bridgehead atoms. The van der Waals surface area contributed by atoms with E-state index in [1.165, 1.54) is 5.56 Å². The van der Waals surface area contributed by atoms with Crippen LogP contribution in [0.25, 0.3) is 11.3 Å².